The van der Waals surface area contributed by atoms with Crippen molar-refractivity contribution in [2.24, 2.45) is 0 Å². The summed E-state index contributed by atoms with van der Waals surface area (Å²) in [5.74, 6) is -16.7. The molecule has 2 atom stereocenters. The van der Waals surface area contributed by atoms with Crippen LogP contribution in [0.3, 0.4) is 0 Å². The van der Waals surface area contributed by atoms with Crippen molar-refractivity contribution in [1.82, 2.24) is 0 Å². The van der Waals surface area contributed by atoms with Gasteiger partial charge in [0, 0.05) is 0 Å². The molecule has 92 valence electrons. The SMILES string of the molecule is FC1=C(F)C2(F)CCC1(F)C(F)(F)C2(F)F. The fourth-order valence-corrected chi connectivity index (χ4v) is 2.00. The van der Waals surface area contributed by atoms with Crippen molar-refractivity contribution in [1.29, 1.82) is 0 Å². The summed E-state index contributed by atoms with van der Waals surface area (Å²) in [4.78, 5) is 0. The van der Waals surface area contributed by atoms with Gasteiger partial charge in [-0.05, 0) is 12.8 Å². The van der Waals surface area contributed by atoms with Crippen molar-refractivity contribution < 1.29 is 35.1 Å². The second kappa shape index (κ2) is 2.53. The molecule has 3 aliphatic rings. The Morgan fingerprint density at radius 2 is 0.875 bits per heavy atom. The monoisotopic (exact) mass is 252 g/mol. The van der Waals surface area contributed by atoms with E-state index in [4.69, 9.17) is 0 Å². The van der Waals surface area contributed by atoms with Gasteiger partial charge < -0.3 is 0 Å². The normalized spacial score (nSPS) is 45.0. The Bertz CT molecular complexity index is 349. The van der Waals surface area contributed by atoms with E-state index in [1.54, 1.807) is 0 Å². The van der Waals surface area contributed by atoms with Crippen LogP contribution in [0, 0.1) is 0 Å². The Morgan fingerprint density at radius 3 is 1.12 bits per heavy atom. The highest BCUT2D eigenvalue weighted by Crippen LogP contribution is 2.67. The number of halogens is 8. The molecule has 8 heteroatoms. The van der Waals surface area contributed by atoms with Crippen LogP contribution in [0.1, 0.15) is 12.8 Å². The van der Waals surface area contributed by atoms with Crippen LogP contribution in [0.4, 0.5) is 35.1 Å². The summed E-state index contributed by atoms with van der Waals surface area (Å²) in [6, 6.07) is 0. The Balaban J connectivity index is 2.79. The number of hydrogen-bond acceptors (Lipinski definition) is 0. The molecule has 16 heavy (non-hydrogen) atoms. The first-order valence-corrected chi connectivity index (χ1v) is 4.22. The first kappa shape index (κ1) is 11.7. The van der Waals surface area contributed by atoms with Gasteiger partial charge in [-0.15, -0.1) is 0 Å². The van der Waals surface area contributed by atoms with E-state index in [0.717, 1.165) is 0 Å². The van der Waals surface area contributed by atoms with Crippen LogP contribution < -0.4 is 0 Å². The maximum Gasteiger partial charge on any atom is 0.353 e. The summed E-state index contributed by atoms with van der Waals surface area (Å²) in [6.07, 6.45) is -3.04. The third-order valence-corrected chi connectivity index (χ3v) is 3.09. The van der Waals surface area contributed by atoms with Gasteiger partial charge >= 0.3 is 11.8 Å². The molecule has 0 N–H and O–H groups in total. The largest absolute Gasteiger partial charge is 0.353 e. The molecule has 0 spiro atoms. The van der Waals surface area contributed by atoms with Crippen LogP contribution in [-0.2, 0) is 0 Å². The van der Waals surface area contributed by atoms with Crippen LogP contribution in [0.2, 0.25) is 0 Å². The van der Waals surface area contributed by atoms with Crippen molar-refractivity contribution >= 4 is 0 Å². The molecule has 1 fully saturated rings. The van der Waals surface area contributed by atoms with Gasteiger partial charge in [0.1, 0.15) is 0 Å². The zero-order valence-corrected chi connectivity index (χ0v) is 7.44. The highest BCUT2D eigenvalue weighted by atomic mass is 19.3. The molecule has 0 aromatic heterocycles. The lowest BCUT2D eigenvalue weighted by molar-refractivity contribution is -0.342. The smallest absolute Gasteiger partial charge is 0.229 e. The van der Waals surface area contributed by atoms with E-state index < -0.39 is 47.7 Å². The van der Waals surface area contributed by atoms with E-state index >= 15 is 0 Å². The first-order valence-electron chi connectivity index (χ1n) is 4.22. The lowest BCUT2D eigenvalue weighted by atomic mass is 9.65. The number of allylic oxidation sites excluding steroid dienone is 2. The molecule has 0 radical (unpaired) electrons. The van der Waals surface area contributed by atoms with E-state index in [1.165, 1.54) is 0 Å². The zero-order valence-electron chi connectivity index (χ0n) is 7.44. The van der Waals surface area contributed by atoms with Crippen molar-refractivity contribution in [3.63, 3.8) is 0 Å². The Kier molecular flexibility index (Phi) is 1.85. The summed E-state index contributed by atoms with van der Waals surface area (Å²) in [5, 5.41) is 0. The molecule has 2 bridgehead atoms. The highest BCUT2D eigenvalue weighted by molar-refractivity contribution is 5.40. The lowest BCUT2D eigenvalue weighted by Crippen LogP contribution is -2.72. The third-order valence-electron chi connectivity index (χ3n) is 3.09. The molecular formula is C8H4F8. The Morgan fingerprint density at radius 1 is 0.625 bits per heavy atom. The lowest BCUT2D eigenvalue weighted by Gasteiger charge is -2.51. The van der Waals surface area contributed by atoms with Gasteiger partial charge in [-0.1, -0.05) is 0 Å². The first-order chi connectivity index (χ1) is 7.02. The van der Waals surface area contributed by atoms with Gasteiger partial charge in [0.25, 0.3) is 0 Å². The molecule has 2 unspecified atom stereocenters. The minimum Gasteiger partial charge on any atom is -0.229 e. The van der Waals surface area contributed by atoms with Crippen molar-refractivity contribution in [3.05, 3.63) is 11.7 Å². The van der Waals surface area contributed by atoms with E-state index in [9.17, 15) is 35.1 Å². The molecule has 3 rings (SSSR count). The Hall–Kier alpha value is -0.820. The fraction of sp³-hybridized carbons (Fsp3) is 0.750. The second-order valence-electron chi connectivity index (χ2n) is 3.88. The van der Waals surface area contributed by atoms with Gasteiger partial charge in [-0.25, -0.2) is 17.6 Å². The molecule has 0 nitrogen and oxygen atoms in total. The van der Waals surface area contributed by atoms with Gasteiger partial charge in [-0.3, -0.25) is 0 Å². The quantitative estimate of drug-likeness (QED) is 0.577. The van der Waals surface area contributed by atoms with Crippen molar-refractivity contribution in [2.45, 2.75) is 36.0 Å². The highest BCUT2D eigenvalue weighted by Gasteiger charge is 2.87. The molecule has 0 aromatic carbocycles. The maximum absolute atomic E-state index is 13.4. The summed E-state index contributed by atoms with van der Waals surface area (Å²) in [5.41, 5.74) is -8.93. The van der Waals surface area contributed by atoms with Crippen molar-refractivity contribution in [3.8, 4) is 0 Å². The molecule has 0 amide bonds. The molecule has 1 saturated carbocycles. The van der Waals surface area contributed by atoms with Gasteiger partial charge in [0.15, 0.2) is 11.7 Å². The molecule has 0 heterocycles. The summed E-state index contributed by atoms with van der Waals surface area (Å²) in [7, 11) is 0. The summed E-state index contributed by atoms with van der Waals surface area (Å²) in [6.45, 7) is 0. The van der Waals surface area contributed by atoms with Crippen molar-refractivity contribution in [2.75, 3.05) is 0 Å². The predicted octanol–water partition coefficient (Wildman–Crippen LogP) is 3.63. The molecule has 3 aliphatic carbocycles. The number of fused-ring (bicyclic) bond motifs is 2. The minimum atomic E-state index is -5.60. The minimum absolute atomic E-state index is 1.52. The fourth-order valence-electron chi connectivity index (χ4n) is 2.00. The second-order valence-corrected chi connectivity index (χ2v) is 3.88. The summed E-state index contributed by atoms with van der Waals surface area (Å²) >= 11 is 0. The maximum atomic E-state index is 13.4. The van der Waals surface area contributed by atoms with Gasteiger partial charge in [0.2, 0.25) is 11.3 Å². The predicted molar refractivity (Wildman–Crippen MR) is 36.0 cm³/mol. The van der Waals surface area contributed by atoms with Gasteiger partial charge in [-0.2, -0.15) is 17.6 Å². The summed E-state index contributed by atoms with van der Waals surface area (Å²) < 4.78 is 104. The van der Waals surface area contributed by atoms with E-state index in [2.05, 4.69) is 0 Å². The topological polar surface area (TPSA) is 0 Å². The van der Waals surface area contributed by atoms with E-state index in [-0.39, 0.29) is 0 Å². The third kappa shape index (κ3) is 0.808. The molecule has 0 aliphatic heterocycles. The van der Waals surface area contributed by atoms with Crippen LogP contribution in [-0.4, -0.2) is 23.2 Å². The van der Waals surface area contributed by atoms with Crippen LogP contribution in [0.15, 0.2) is 11.7 Å². The standard InChI is InChI=1S/C8H4F8/c9-3-4(10)6(12)2-1-5(3,11)7(13,14)8(6,15)16/h1-2H2. The van der Waals surface area contributed by atoms with Gasteiger partial charge in [0.05, 0.1) is 0 Å². The van der Waals surface area contributed by atoms with Crippen LogP contribution >= 0.6 is 0 Å². The number of rotatable bonds is 0. The molecule has 0 aromatic rings. The average molecular weight is 252 g/mol. The van der Waals surface area contributed by atoms with E-state index in [1.807, 2.05) is 0 Å². The van der Waals surface area contributed by atoms with E-state index in [0.29, 0.717) is 0 Å². The number of alkyl halides is 6. The van der Waals surface area contributed by atoms with Crippen LogP contribution in [0.5, 0.6) is 0 Å². The Labute approximate surface area is 83.9 Å². The molecular weight excluding hydrogens is 248 g/mol. The van der Waals surface area contributed by atoms with Crippen LogP contribution in [0.25, 0.3) is 0 Å². The molecule has 0 saturated heterocycles. The number of hydrogen-bond donors (Lipinski definition) is 0. The zero-order chi connectivity index (χ0) is 12.6. The average Bonchev–Trinajstić information content (AvgIpc) is 2.18.